The third-order valence-electron chi connectivity index (χ3n) is 1.74. The molecule has 2 nitrogen and oxygen atoms in total. The summed E-state index contributed by atoms with van der Waals surface area (Å²) < 4.78 is 4.95. The normalized spacial score (nSPS) is 15.4. The van der Waals surface area contributed by atoms with Crippen LogP contribution < -0.4 is 0 Å². The summed E-state index contributed by atoms with van der Waals surface area (Å²) in [6.07, 6.45) is 5.53. The Balaban J connectivity index is 4.36. The molecule has 0 aromatic heterocycles. The van der Waals surface area contributed by atoms with Crippen molar-refractivity contribution in [1.82, 2.24) is 0 Å². The van der Waals surface area contributed by atoms with E-state index in [1.54, 1.807) is 6.92 Å². The summed E-state index contributed by atoms with van der Waals surface area (Å²) in [5.74, 6) is 1.75. The Hall–Kier alpha value is -0.810. The van der Waals surface area contributed by atoms with Gasteiger partial charge in [-0.25, -0.2) is 0 Å². The van der Waals surface area contributed by atoms with Crippen LogP contribution in [0.1, 0.15) is 20.3 Å². The predicted octanol–water partition coefficient (Wildman–Crippen LogP) is 1.00. The van der Waals surface area contributed by atoms with Crippen molar-refractivity contribution in [2.24, 2.45) is 0 Å². The third-order valence-corrected chi connectivity index (χ3v) is 1.74. The molecule has 0 aliphatic rings. The van der Waals surface area contributed by atoms with E-state index in [1.165, 1.54) is 7.11 Å². The fourth-order valence-corrected chi connectivity index (χ4v) is 0.550. The summed E-state index contributed by atoms with van der Waals surface area (Å²) in [7, 11) is 1.48. The summed E-state index contributed by atoms with van der Waals surface area (Å²) >= 11 is 0. The summed E-state index contributed by atoms with van der Waals surface area (Å²) in [5.41, 5.74) is -0.783. The molecule has 0 aromatic rings. The lowest BCUT2D eigenvalue weighted by Gasteiger charge is -2.21. The fraction of sp³-hybridized carbons (Fsp3) is 0.625. The van der Waals surface area contributed by atoms with E-state index in [2.05, 4.69) is 0 Å². The van der Waals surface area contributed by atoms with Gasteiger partial charge in [0.2, 0.25) is 5.78 Å². The first-order valence-corrected chi connectivity index (χ1v) is 3.17. The molecule has 0 N–H and O–H groups in total. The van der Waals surface area contributed by atoms with Crippen molar-refractivity contribution in [3.05, 3.63) is 0 Å². The first-order valence-electron chi connectivity index (χ1n) is 3.17. The van der Waals surface area contributed by atoms with Gasteiger partial charge in [0.1, 0.15) is 5.60 Å². The predicted molar refractivity (Wildman–Crippen MR) is 39.5 cm³/mol. The van der Waals surface area contributed by atoms with Crippen LogP contribution in [-0.2, 0) is 9.53 Å². The van der Waals surface area contributed by atoms with Gasteiger partial charge in [-0.2, -0.15) is 0 Å². The number of carbonyl (C=O) groups excluding carboxylic acids is 1. The van der Waals surface area contributed by atoms with Crippen molar-refractivity contribution in [3.63, 3.8) is 0 Å². The van der Waals surface area contributed by atoms with Gasteiger partial charge >= 0.3 is 0 Å². The molecule has 0 spiro atoms. The van der Waals surface area contributed by atoms with Crippen molar-refractivity contribution in [3.8, 4) is 12.3 Å². The molecule has 0 saturated heterocycles. The van der Waals surface area contributed by atoms with Crippen LogP contribution in [0.25, 0.3) is 0 Å². The molecule has 0 aliphatic heterocycles. The Morgan fingerprint density at radius 2 is 2.30 bits per heavy atom. The molecule has 1 atom stereocenters. The Bertz CT molecular complexity index is 161. The molecule has 56 valence electrons. The second-order valence-electron chi connectivity index (χ2n) is 2.26. The molecule has 0 aliphatic carbocycles. The van der Waals surface area contributed by atoms with E-state index in [0.29, 0.717) is 6.42 Å². The molecule has 1 unspecified atom stereocenters. The van der Waals surface area contributed by atoms with E-state index >= 15 is 0 Å². The molecule has 0 bridgehead atoms. The first kappa shape index (κ1) is 9.19. The molecule has 0 saturated carbocycles. The average Bonchev–Trinajstić information content (AvgIpc) is 2.01. The van der Waals surface area contributed by atoms with Crippen LogP contribution in [0.5, 0.6) is 0 Å². The van der Waals surface area contributed by atoms with Gasteiger partial charge in [0.05, 0.1) is 0 Å². The molecule has 0 radical (unpaired) electrons. The molecule has 0 heterocycles. The largest absolute Gasteiger partial charge is 0.370 e. The molecule has 0 rings (SSSR count). The minimum atomic E-state index is -0.783. The molecule has 0 amide bonds. The number of rotatable bonds is 3. The highest BCUT2D eigenvalue weighted by Gasteiger charge is 2.28. The number of terminal acetylenes is 1. The number of carbonyl (C=O) groups is 1. The lowest BCUT2D eigenvalue weighted by atomic mass is 9.98. The van der Waals surface area contributed by atoms with Crippen LogP contribution in [0.2, 0.25) is 0 Å². The quantitative estimate of drug-likeness (QED) is 0.432. The van der Waals surface area contributed by atoms with Gasteiger partial charge < -0.3 is 4.74 Å². The van der Waals surface area contributed by atoms with Gasteiger partial charge in [-0.1, -0.05) is 6.92 Å². The topological polar surface area (TPSA) is 26.3 Å². The number of hydrogen-bond acceptors (Lipinski definition) is 2. The van der Waals surface area contributed by atoms with Crippen molar-refractivity contribution in [2.75, 3.05) is 7.11 Å². The van der Waals surface area contributed by atoms with Gasteiger partial charge in [0.15, 0.2) is 0 Å². The zero-order valence-electron chi connectivity index (χ0n) is 6.60. The highest BCUT2D eigenvalue weighted by molar-refractivity contribution is 6.01. The van der Waals surface area contributed by atoms with E-state index in [1.807, 2.05) is 12.8 Å². The van der Waals surface area contributed by atoms with Crippen LogP contribution in [0.15, 0.2) is 0 Å². The summed E-state index contributed by atoms with van der Waals surface area (Å²) in [6.45, 7) is 3.55. The van der Waals surface area contributed by atoms with Crippen molar-refractivity contribution in [1.29, 1.82) is 0 Å². The lowest BCUT2D eigenvalue weighted by molar-refractivity contribution is -0.133. The van der Waals surface area contributed by atoms with Crippen LogP contribution in [0.3, 0.4) is 0 Å². The van der Waals surface area contributed by atoms with E-state index in [4.69, 9.17) is 11.2 Å². The van der Waals surface area contributed by atoms with Gasteiger partial charge in [-0.3, -0.25) is 4.79 Å². The summed E-state index contributed by atoms with van der Waals surface area (Å²) in [6, 6.07) is 0. The standard InChI is InChI=1S/C8H12O2/c1-5-7(9)8(3,6-2)10-4/h1H,6H2,2-4H3. The van der Waals surface area contributed by atoms with Gasteiger partial charge in [0, 0.05) is 7.11 Å². The van der Waals surface area contributed by atoms with E-state index in [9.17, 15) is 4.79 Å². The Morgan fingerprint density at radius 3 is 2.40 bits per heavy atom. The van der Waals surface area contributed by atoms with Crippen molar-refractivity contribution in [2.45, 2.75) is 25.9 Å². The fourth-order valence-electron chi connectivity index (χ4n) is 0.550. The number of ether oxygens (including phenoxy) is 1. The highest BCUT2D eigenvalue weighted by Crippen LogP contribution is 2.14. The van der Waals surface area contributed by atoms with Crippen molar-refractivity contribution >= 4 is 5.78 Å². The monoisotopic (exact) mass is 140 g/mol. The van der Waals surface area contributed by atoms with Gasteiger partial charge in [0.25, 0.3) is 0 Å². The maximum atomic E-state index is 10.9. The average molecular weight is 140 g/mol. The smallest absolute Gasteiger partial charge is 0.236 e. The van der Waals surface area contributed by atoms with Gasteiger partial charge in [-0.05, 0) is 19.3 Å². The number of Topliss-reactive ketones (excluding diaryl/α,β-unsaturated/α-hetero) is 1. The molecule has 0 fully saturated rings. The van der Waals surface area contributed by atoms with Crippen LogP contribution >= 0.6 is 0 Å². The Kier molecular flexibility index (Phi) is 3.11. The van der Waals surface area contributed by atoms with E-state index in [-0.39, 0.29) is 5.78 Å². The van der Waals surface area contributed by atoms with Gasteiger partial charge in [-0.15, -0.1) is 6.42 Å². The van der Waals surface area contributed by atoms with Crippen molar-refractivity contribution < 1.29 is 9.53 Å². The minimum Gasteiger partial charge on any atom is -0.370 e. The molecule has 0 aromatic carbocycles. The molecule has 10 heavy (non-hydrogen) atoms. The zero-order chi connectivity index (χ0) is 8.20. The number of ketones is 1. The van der Waals surface area contributed by atoms with E-state index < -0.39 is 5.60 Å². The zero-order valence-corrected chi connectivity index (χ0v) is 6.60. The maximum absolute atomic E-state index is 10.9. The number of hydrogen-bond donors (Lipinski definition) is 0. The SMILES string of the molecule is C#CC(=O)C(C)(CC)OC. The highest BCUT2D eigenvalue weighted by atomic mass is 16.5. The van der Waals surface area contributed by atoms with E-state index in [0.717, 1.165) is 0 Å². The molecular weight excluding hydrogens is 128 g/mol. The second-order valence-corrected chi connectivity index (χ2v) is 2.26. The Labute approximate surface area is 61.6 Å². The van der Waals surface area contributed by atoms with Crippen LogP contribution in [0, 0.1) is 12.3 Å². The molecule has 2 heteroatoms. The number of methoxy groups -OCH3 is 1. The second kappa shape index (κ2) is 3.38. The Morgan fingerprint density at radius 1 is 1.80 bits per heavy atom. The third kappa shape index (κ3) is 1.58. The maximum Gasteiger partial charge on any atom is 0.236 e. The molecular formula is C8H12O2. The lowest BCUT2D eigenvalue weighted by Crippen LogP contribution is -2.35. The summed E-state index contributed by atoms with van der Waals surface area (Å²) in [4.78, 5) is 10.9. The summed E-state index contributed by atoms with van der Waals surface area (Å²) in [5, 5.41) is 0. The first-order chi connectivity index (χ1) is 4.60. The van der Waals surface area contributed by atoms with Crippen LogP contribution in [0.4, 0.5) is 0 Å². The van der Waals surface area contributed by atoms with Crippen LogP contribution in [-0.4, -0.2) is 18.5 Å². The minimum absolute atomic E-state index is 0.294.